The zero-order valence-corrected chi connectivity index (χ0v) is 12.6. The van der Waals surface area contributed by atoms with E-state index in [4.69, 9.17) is 9.84 Å². The van der Waals surface area contributed by atoms with Gasteiger partial charge >= 0.3 is 5.97 Å². The molecule has 0 aliphatic carbocycles. The minimum atomic E-state index is -3.95. The molecule has 0 saturated carbocycles. The summed E-state index contributed by atoms with van der Waals surface area (Å²) in [4.78, 5) is 17.2. The molecule has 9 heteroatoms. The standard InChI is InChI=1S/C13H15N3O5S/c1-2-7-21-11-4-3-9(12(17)18)8-10(11)16-22(19,20)13-14-5-6-15-13/h3-6,8,16H,2,7H2,1H3,(H,14,15)(H,17,18). The van der Waals surface area contributed by atoms with Gasteiger partial charge in [0.05, 0.1) is 17.9 Å². The van der Waals surface area contributed by atoms with Gasteiger partial charge in [-0.1, -0.05) is 6.92 Å². The number of sulfonamides is 1. The Labute approximate surface area is 127 Å². The number of carboxylic acids is 1. The monoisotopic (exact) mass is 325 g/mol. The molecule has 2 rings (SSSR count). The molecule has 0 unspecified atom stereocenters. The largest absolute Gasteiger partial charge is 0.491 e. The first kappa shape index (κ1) is 15.8. The van der Waals surface area contributed by atoms with Crippen LogP contribution in [0.5, 0.6) is 5.75 Å². The molecule has 0 aliphatic heterocycles. The van der Waals surface area contributed by atoms with Crippen LogP contribution in [0.4, 0.5) is 5.69 Å². The number of ether oxygens (including phenoxy) is 1. The van der Waals surface area contributed by atoms with Crippen molar-refractivity contribution in [2.24, 2.45) is 0 Å². The Balaban J connectivity index is 2.38. The number of carboxylic acid groups (broad SMARTS) is 1. The molecule has 0 atom stereocenters. The first-order valence-electron chi connectivity index (χ1n) is 6.46. The average molecular weight is 325 g/mol. The van der Waals surface area contributed by atoms with Crippen molar-refractivity contribution in [1.82, 2.24) is 9.97 Å². The second-order valence-electron chi connectivity index (χ2n) is 4.36. The van der Waals surface area contributed by atoms with E-state index in [1.165, 1.54) is 30.6 Å². The van der Waals surface area contributed by atoms with Gasteiger partial charge in [-0.3, -0.25) is 4.72 Å². The number of aromatic amines is 1. The van der Waals surface area contributed by atoms with Gasteiger partial charge in [0.15, 0.2) is 0 Å². The van der Waals surface area contributed by atoms with Gasteiger partial charge in [0.25, 0.3) is 10.0 Å². The van der Waals surface area contributed by atoms with Crippen molar-refractivity contribution < 1.29 is 23.1 Å². The summed E-state index contributed by atoms with van der Waals surface area (Å²) in [5, 5.41) is 8.75. The molecule has 0 fully saturated rings. The van der Waals surface area contributed by atoms with Crippen LogP contribution in [0.3, 0.4) is 0 Å². The fraction of sp³-hybridized carbons (Fsp3) is 0.231. The lowest BCUT2D eigenvalue weighted by Gasteiger charge is -2.13. The maximum atomic E-state index is 12.2. The lowest BCUT2D eigenvalue weighted by atomic mass is 10.2. The third-order valence-corrected chi connectivity index (χ3v) is 3.88. The quantitative estimate of drug-likeness (QED) is 0.712. The molecule has 118 valence electrons. The summed E-state index contributed by atoms with van der Waals surface area (Å²) in [7, 11) is -3.95. The Morgan fingerprint density at radius 3 is 2.82 bits per heavy atom. The predicted molar refractivity (Wildman–Crippen MR) is 78.6 cm³/mol. The van der Waals surface area contributed by atoms with Crippen LogP contribution >= 0.6 is 0 Å². The van der Waals surface area contributed by atoms with E-state index >= 15 is 0 Å². The molecule has 0 aliphatic rings. The van der Waals surface area contributed by atoms with E-state index in [0.717, 1.165) is 6.42 Å². The number of carbonyl (C=O) groups is 1. The Bertz CT molecular complexity index is 756. The molecule has 3 N–H and O–H groups in total. The molecule has 0 amide bonds. The van der Waals surface area contributed by atoms with Gasteiger partial charge in [-0.05, 0) is 24.6 Å². The Kier molecular flexibility index (Phi) is 4.66. The number of aromatic carboxylic acids is 1. The third kappa shape index (κ3) is 3.55. The molecule has 0 radical (unpaired) electrons. The smallest absolute Gasteiger partial charge is 0.335 e. The number of hydrogen-bond acceptors (Lipinski definition) is 5. The maximum absolute atomic E-state index is 12.2. The highest BCUT2D eigenvalue weighted by Crippen LogP contribution is 2.28. The number of aromatic nitrogens is 2. The highest BCUT2D eigenvalue weighted by molar-refractivity contribution is 7.92. The number of nitrogens with zero attached hydrogens (tertiary/aromatic N) is 1. The van der Waals surface area contributed by atoms with E-state index in [0.29, 0.717) is 6.61 Å². The van der Waals surface area contributed by atoms with Crippen LogP contribution in [-0.4, -0.2) is 36.1 Å². The minimum absolute atomic E-state index is 0.0461. The summed E-state index contributed by atoms with van der Waals surface area (Å²) >= 11 is 0. The van der Waals surface area contributed by atoms with E-state index in [-0.39, 0.29) is 22.2 Å². The van der Waals surface area contributed by atoms with E-state index in [9.17, 15) is 13.2 Å². The van der Waals surface area contributed by atoms with Crippen molar-refractivity contribution in [3.05, 3.63) is 36.2 Å². The first-order valence-corrected chi connectivity index (χ1v) is 7.94. The van der Waals surface area contributed by atoms with Gasteiger partial charge in [0, 0.05) is 12.4 Å². The first-order chi connectivity index (χ1) is 10.4. The summed E-state index contributed by atoms with van der Waals surface area (Å²) in [6.45, 7) is 2.28. The molecular formula is C13H15N3O5S. The number of imidazole rings is 1. The van der Waals surface area contributed by atoms with E-state index in [2.05, 4.69) is 14.7 Å². The topological polar surface area (TPSA) is 121 Å². The molecule has 2 aromatic rings. The van der Waals surface area contributed by atoms with Crippen molar-refractivity contribution in [2.75, 3.05) is 11.3 Å². The van der Waals surface area contributed by atoms with Gasteiger partial charge in [0.2, 0.25) is 5.16 Å². The van der Waals surface area contributed by atoms with Gasteiger partial charge < -0.3 is 14.8 Å². The Morgan fingerprint density at radius 2 is 2.23 bits per heavy atom. The van der Waals surface area contributed by atoms with Crippen molar-refractivity contribution in [1.29, 1.82) is 0 Å². The number of nitrogens with one attached hydrogen (secondary N) is 2. The summed E-state index contributed by atoms with van der Waals surface area (Å²) < 4.78 is 32.0. The number of benzene rings is 1. The molecule has 1 aromatic heterocycles. The zero-order chi connectivity index (χ0) is 16.2. The second kappa shape index (κ2) is 6.48. The minimum Gasteiger partial charge on any atom is -0.491 e. The number of anilines is 1. The maximum Gasteiger partial charge on any atom is 0.335 e. The molecular weight excluding hydrogens is 310 g/mol. The van der Waals surface area contributed by atoms with E-state index in [1.807, 2.05) is 6.92 Å². The highest BCUT2D eigenvalue weighted by Gasteiger charge is 2.20. The van der Waals surface area contributed by atoms with Crippen LogP contribution in [0.15, 0.2) is 35.7 Å². The van der Waals surface area contributed by atoms with Crippen LogP contribution in [0, 0.1) is 0 Å². The van der Waals surface area contributed by atoms with Crippen molar-refractivity contribution in [3.8, 4) is 5.75 Å². The molecule has 0 saturated heterocycles. The lowest BCUT2D eigenvalue weighted by molar-refractivity contribution is 0.0697. The second-order valence-corrected chi connectivity index (χ2v) is 5.96. The highest BCUT2D eigenvalue weighted by atomic mass is 32.2. The summed E-state index contributed by atoms with van der Waals surface area (Å²) in [6.07, 6.45) is 3.40. The Morgan fingerprint density at radius 1 is 1.45 bits per heavy atom. The van der Waals surface area contributed by atoms with Gasteiger partial charge in [-0.25, -0.2) is 9.78 Å². The fourth-order valence-corrected chi connectivity index (χ4v) is 2.64. The predicted octanol–water partition coefficient (Wildman–Crippen LogP) is 1.70. The molecule has 0 bridgehead atoms. The number of hydrogen-bond donors (Lipinski definition) is 3. The molecule has 22 heavy (non-hydrogen) atoms. The molecule has 8 nitrogen and oxygen atoms in total. The zero-order valence-electron chi connectivity index (χ0n) is 11.7. The summed E-state index contributed by atoms with van der Waals surface area (Å²) in [6, 6.07) is 3.96. The fourth-order valence-electron chi connectivity index (χ4n) is 1.67. The number of H-pyrrole nitrogens is 1. The third-order valence-electron chi connectivity index (χ3n) is 2.66. The van der Waals surface area contributed by atoms with Gasteiger partial charge in [-0.2, -0.15) is 8.42 Å². The van der Waals surface area contributed by atoms with Gasteiger partial charge in [0.1, 0.15) is 5.75 Å². The van der Waals surface area contributed by atoms with Crippen LogP contribution in [0.2, 0.25) is 0 Å². The lowest BCUT2D eigenvalue weighted by Crippen LogP contribution is -2.16. The normalized spacial score (nSPS) is 11.1. The van der Waals surface area contributed by atoms with Crippen LogP contribution < -0.4 is 9.46 Å². The Hall–Kier alpha value is -2.55. The van der Waals surface area contributed by atoms with Crippen LogP contribution in [0.25, 0.3) is 0 Å². The molecule has 0 spiro atoms. The molecule has 1 aromatic carbocycles. The van der Waals surface area contributed by atoms with Crippen molar-refractivity contribution in [3.63, 3.8) is 0 Å². The number of rotatable bonds is 7. The van der Waals surface area contributed by atoms with Crippen LogP contribution in [-0.2, 0) is 10.0 Å². The van der Waals surface area contributed by atoms with Gasteiger partial charge in [-0.15, -0.1) is 0 Å². The average Bonchev–Trinajstić information content (AvgIpc) is 3.00. The van der Waals surface area contributed by atoms with Crippen LogP contribution in [0.1, 0.15) is 23.7 Å². The summed E-state index contributed by atoms with van der Waals surface area (Å²) in [5.41, 5.74) is -0.00857. The van der Waals surface area contributed by atoms with Crippen molar-refractivity contribution in [2.45, 2.75) is 18.5 Å². The van der Waals surface area contributed by atoms with E-state index in [1.54, 1.807) is 0 Å². The van der Waals surface area contributed by atoms with Crippen molar-refractivity contribution >= 4 is 21.7 Å². The molecule has 1 heterocycles. The van der Waals surface area contributed by atoms with E-state index < -0.39 is 16.0 Å². The summed E-state index contributed by atoms with van der Waals surface area (Å²) in [5.74, 6) is -0.914. The SMILES string of the molecule is CCCOc1ccc(C(=O)O)cc1NS(=O)(=O)c1ncc[nH]1.